The van der Waals surface area contributed by atoms with Gasteiger partial charge in [-0.3, -0.25) is 9.59 Å². The Morgan fingerprint density at radius 3 is 2.68 bits per heavy atom. The molecule has 0 bridgehead atoms. The molecule has 0 aliphatic carbocycles. The number of morpholine rings is 1. The van der Waals surface area contributed by atoms with Crippen molar-refractivity contribution < 1.29 is 24.2 Å². The van der Waals surface area contributed by atoms with Crippen molar-refractivity contribution in [3.05, 3.63) is 35.4 Å². The molecule has 3 rings (SSSR count). The van der Waals surface area contributed by atoms with E-state index < -0.39 is 12.1 Å². The number of hydrogen-bond acceptors (Lipinski definition) is 4. The zero-order valence-corrected chi connectivity index (χ0v) is 14.5. The number of rotatable bonds is 4. The van der Waals surface area contributed by atoms with E-state index in [1.807, 2.05) is 31.2 Å². The number of aryl methyl sites for hydroxylation is 1. The molecular weight excluding hydrogens is 322 g/mol. The van der Waals surface area contributed by atoms with Crippen LogP contribution in [0.5, 0.6) is 0 Å². The molecule has 0 radical (unpaired) electrons. The summed E-state index contributed by atoms with van der Waals surface area (Å²) in [6.07, 6.45) is 0.909. The first-order valence-electron chi connectivity index (χ1n) is 8.85. The maximum absolute atomic E-state index is 13.1. The standard InChI is InChI=1S/C19H25NO5/c1-13-4-6-14(7-5-13)18-16(3-2-9-25-18)19(23)20-8-10-24-15(12-20)11-17(21)22/h4-7,15-16,18H,2-3,8-12H2,1H3,(H,21,22). The predicted octanol–water partition coefficient (Wildman–Crippen LogP) is 2.16. The Bertz CT molecular complexity index is 615. The maximum atomic E-state index is 13.1. The maximum Gasteiger partial charge on any atom is 0.306 e. The highest BCUT2D eigenvalue weighted by atomic mass is 16.5. The molecule has 1 aromatic rings. The van der Waals surface area contributed by atoms with Crippen LogP contribution >= 0.6 is 0 Å². The third kappa shape index (κ3) is 4.38. The van der Waals surface area contributed by atoms with E-state index in [0.717, 1.165) is 18.4 Å². The predicted molar refractivity (Wildman–Crippen MR) is 91.2 cm³/mol. The van der Waals surface area contributed by atoms with Gasteiger partial charge in [-0.25, -0.2) is 0 Å². The number of amides is 1. The minimum Gasteiger partial charge on any atom is -0.481 e. The molecule has 0 spiro atoms. The van der Waals surface area contributed by atoms with Crippen LogP contribution in [0.4, 0.5) is 0 Å². The average Bonchev–Trinajstić information content (AvgIpc) is 2.61. The number of hydrogen-bond donors (Lipinski definition) is 1. The van der Waals surface area contributed by atoms with Crippen LogP contribution in [0, 0.1) is 12.8 Å². The molecule has 2 saturated heterocycles. The van der Waals surface area contributed by atoms with Crippen LogP contribution in [0.25, 0.3) is 0 Å². The Morgan fingerprint density at radius 1 is 1.20 bits per heavy atom. The number of carbonyl (C=O) groups is 2. The number of aliphatic carboxylic acids is 1. The van der Waals surface area contributed by atoms with Crippen LogP contribution in [-0.2, 0) is 19.1 Å². The summed E-state index contributed by atoms with van der Waals surface area (Å²) in [4.78, 5) is 25.7. The fraction of sp³-hybridized carbons (Fsp3) is 0.579. The average molecular weight is 347 g/mol. The summed E-state index contributed by atoms with van der Waals surface area (Å²) >= 11 is 0. The minimum absolute atomic E-state index is 0.0453. The lowest BCUT2D eigenvalue weighted by atomic mass is 9.87. The molecular formula is C19H25NO5. The van der Waals surface area contributed by atoms with Crippen molar-refractivity contribution in [2.45, 2.75) is 38.4 Å². The first kappa shape index (κ1) is 17.9. The van der Waals surface area contributed by atoms with E-state index in [1.54, 1.807) is 4.90 Å². The van der Waals surface area contributed by atoms with Gasteiger partial charge in [-0.2, -0.15) is 0 Å². The van der Waals surface area contributed by atoms with Crippen molar-refractivity contribution in [2.75, 3.05) is 26.3 Å². The van der Waals surface area contributed by atoms with Crippen molar-refractivity contribution >= 4 is 11.9 Å². The van der Waals surface area contributed by atoms with Crippen molar-refractivity contribution in [3.8, 4) is 0 Å². The van der Waals surface area contributed by atoms with Gasteiger partial charge in [-0.05, 0) is 25.3 Å². The lowest BCUT2D eigenvalue weighted by Crippen LogP contribution is -2.49. The number of benzene rings is 1. The Balaban J connectivity index is 1.72. The Kier molecular flexibility index (Phi) is 5.71. The van der Waals surface area contributed by atoms with Gasteiger partial charge in [-0.15, -0.1) is 0 Å². The van der Waals surface area contributed by atoms with Crippen molar-refractivity contribution in [3.63, 3.8) is 0 Å². The lowest BCUT2D eigenvalue weighted by Gasteiger charge is -2.38. The first-order valence-corrected chi connectivity index (χ1v) is 8.85. The Morgan fingerprint density at radius 2 is 1.96 bits per heavy atom. The van der Waals surface area contributed by atoms with Crippen molar-refractivity contribution in [1.82, 2.24) is 4.90 Å². The van der Waals surface area contributed by atoms with E-state index in [-0.39, 0.29) is 24.3 Å². The van der Waals surface area contributed by atoms with Gasteiger partial charge in [0.1, 0.15) is 0 Å². The normalized spacial score (nSPS) is 27.1. The summed E-state index contributed by atoms with van der Waals surface area (Å²) in [5, 5.41) is 8.95. The number of nitrogens with zero attached hydrogens (tertiary/aromatic N) is 1. The summed E-state index contributed by atoms with van der Waals surface area (Å²) in [7, 11) is 0. The summed E-state index contributed by atoms with van der Waals surface area (Å²) in [5.41, 5.74) is 2.20. The lowest BCUT2D eigenvalue weighted by molar-refractivity contribution is -0.156. The van der Waals surface area contributed by atoms with Crippen LogP contribution in [0.15, 0.2) is 24.3 Å². The SMILES string of the molecule is Cc1ccc(C2OCCCC2C(=O)N2CCOC(CC(=O)O)C2)cc1. The largest absolute Gasteiger partial charge is 0.481 e. The summed E-state index contributed by atoms with van der Waals surface area (Å²) in [5.74, 6) is -1.08. The van der Waals surface area contributed by atoms with E-state index in [2.05, 4.69) is 0 Å². The fourth-order valence-corrected chi connectivity index (χ4v) is 3.59. The molecule has 3 atom stereocenters. The first-order chi connectivity index (χ1) is 12.0. The molecule has 3 unspecified atom stereocenters. The zero-order valence-electron chi connectivity index (χ0n) is 14.5. The molecule has 0 aromatic heterocycles. The summed E-state index contributed by atoms with van der Waals surface area (Å²) in [6.45, 7) is 3.92. The van der Waals surface area contributed by atoms with Gasteiger partial charge >= 0.3 is 5.97 Å². The van der Waals surface area contributed by atoms with Gasteiger partial charge < -0.3 is 19.5 Å². The van der Waals surface area contributed by atoms with Crippen LogP contribution in [-0.4, -0.2) is 54.3 Å². The van der Waals surface area contributed by atoms with Gasteiger partial charge in [0, 0.05) is 19.7 Å². The van der Waals surface area contributed by atoms with Gasteiger partial charge in [0.15, 0.2) is 0 Å². The number of carboxylic acids is 1. The van der Waals surface area contributed by atoms with E-state index in [0.29, 0.717) is 26.3 Å². The number of carbonyl (C=O) groups excluding carboxylic acids is 1. The molecule has 2 aliphatic heterocycles. The van der Waals surface area contributed by atoms with E-state index in [9.17, 15) is 9.59 Å². The third-order valence-electron chi connectivity index (χ3n) is 4.90. The van der Waals surface area contributed by atoms with E-state index in [4.69, 9.17) is 14.6 Å². The van der Waals surface area contributed by atoms with Gasteiger partial charge in [0.25, 0.3) is 0 Å². The molecule has 6 heteroatoms. The van der Waals surface area contributed by atoms with Crippen LogP contribution in [0.2, 0.25) is 0 Å². The van der Waals surface area contributed by atoms with Gasteiger partial charge in [-0.1, -0.05) is 29.8 Å². The number of ether oxygens (including phenoxy) is 2. The second-order valence-electron chi connectivity index (χ2n) is 6.83. The van der Waals surface area contributed by atoms with Crippen molar-refractivity contribution in [1.29, 1.82) is 0 Å². The quantitative estimate of drug-likeness (QED) is 0.903. The zero-order chi connectivity index (χ0) is 17.8. The molecule has 2 fully saturated rings. The summed E-state index contributed by atoms with van der Waals surface area (Å²) in [6, 6.07) is 8.12. The molecule has 2 heterocycles. The third-order valence-corrected chi connectivity index (χ3v) is 4.90. The highest BCUT2D eigenvalue weighted by molar-refractivity contribution is 5.80. The molecule has 25 heavy (non-hydrogen) atoms. The smallest absolute Gasteiger partial charge is 0.306 e. The van der Waals surface area contributed by atoms with Crippen LogP contribution < -0.4 is 0 Å². The van der Waals surface area contributed by atoms with Crippen LogP contribution in [0.1, 0.15) is 36.5 Å². The van der Waals surface area contributed by atoms with E-state index in [1.165, 1.54) is 5.56 Å². The minimum atomic E-state index is -0.905. The number of carboxylic acid groups (broad SMARTS) is 1. The molecule has 1 N–H and O–H groups in total. The molecule has 1 aromatic carbocycles. The van der Waals surface area contributed by atoms with Crippen molar-refractivity contribution in [2.24, 2.45) is 5.92 Å². The molecule has 0 saturated carbocycles. The Labute approximate surface area is 147 Å². The molecule has 1 amide bonds. The van der Waals surface area contributed by atoms with Crippen LogP contribution in [0.3, 0.4) is 0 Å². The van der Waals surface area contributed by atoms with Gasteiger partial charge in [0.05, 0.1) is 31.2 Å². The fourth-order valence-electron chi connectivity index (χ4n) is 3.59. The molecule has 2 aliphatic rings. The topological polar surface area (TPSA) is 76.1 Å². The van der Waals surface area contributed by atoms with Gasteiger partial charge in [0.2, 0.25) is 5.91 Å². The molecule has 136 valence electrons. The summed E-state index contributed by atoms with van der Waals surface area (Å²) < 4.78 is 11.4. The van der Waals surface area contributed by atoms with E-state index >= 15 is 0 Å². The monoisotopic (exact) mass is 347 g/mol. The molecule has 6 nitrogen and oxygen atoms in total. The highest BCUT2D eigenvalue weighted by Gasteiger charge is 2.37. The second kappa shape index (κ2) is 7.97. The second-order valence-corrected chi connectivity index (χ2v) is 6.83. The Hall–Kier alpha value is -1.92. The highest BCUT2D eigenvalue weighted by Crippen LogP contribution is 2.35.